The standard InChI is InChI=1S/C11H11F3O/c1-6(5-7(2)15)8-3-4-9(12)11(14)10(8)13/h3-4,6H,5H2,1-2H3. The van der Waals surface area contributed by atoms with E-state index in [1.807, 2.05) is 0 Å². The highest BCUT2D eigenvalue weighted by molar-refractivity contribution is 5.76. The Kier molecular flexibility index (Phi) is 3.50. The van der Waals surface area contributed by atoms with Crippen LogP contribution in [-0.2, 0) is 4.79 Å². The molecule has 0 radical (unpaired) electrons. The largest absolute Gasteiger partial charge is 0.300 e. The van der Waals surface area contributed by atoms with Gasteiger partial charge >= 0.3 is 0 Å². The van der Waals surface area contributed by atoms with E-state index < -0.39 is 23.4 Å². The third kappa shape index (κ3) is 2.58. The van der Waals surface area contributed by atoms with Crippen LogP contribution in [0.25, 0.3) is 0 Å². The maximum Gasteiger partial charge on any atom is 0.194 e. The second-order valence-electron chi connectivity index (χ2n) is 3.57. The predicted octanol–water partition coefficient (Wildman–Crippen LogP) is 3.19. The first-order valence-electron chi connectivity index (χ1n) is 4.56. The molecule has 0 N–H and O–H groups in total. The number of carbonyl (C=O) groups is 1. The molecule has 0 amide bonds. The molecular weight excluding hydrogens is 205 g/mol. The zero-order chi connectivity index (χ0) is 11.6. The third-order valence-corrected chi connectivity index (χ3v) is 2.19. The number of hydrogen-bond donors (Lipinski definition) is 0. The van der Waals surface area contributed by atoms with Crippen molar-refractivity contribution >= 4 is 5.78 Å². The minimum atomic E-state index is -1.48. The monoisotopic (exact) mass is 216 g/mol. The van der Waals surface area contributed by atoms with E-state index >= 15 is 0 Å². The molecule has 1 nitrogen and oxygen atoms in total. The Morgan fingerprint density at radius 2 is 1.87 bits per heavy atom. The van der Waals surface area contributed by atoms with Crippen LogP contribution in [0.1, 0.15) is 31.7 Å². The molecular formula is C11H11F3O. The minimum Gasteiger partial charge on any atom is -0.300 e. The number of ketones is 1. The second-order valence-corrected chi connectivity index (χ2v) is 3.57. The first-order valence-corrected chi connectivity index (χ1v) is 4.56. The minimum absolute atomic E-state index is 0.0316. The van der Waals surface area contributed by atoms with Gasteiger partial charge in [-0.1, -0.05) is 13.0 Å². The highest BCUT2D eigenvalue weighted by atomic mass is 19.2. The molecule has 15 heavy (non-hydrogen) atoms. The van der Waals surface area contributed by atoms with Gasteiger partial charge in [0.1, 0.15) is 5.78 Å². The topological polar surface area (TPSA) is 17.1 Å². The zero-order valence-electron chi connectivity index (χ0n) is 8.48. The van der Waals surface area contributed by atoms with Crippen molar-refractivity contribution in [1.29, 1.82) is 0 Å². The number of Topliss-reactive ketones (excluding diaryl/α,β-unsaturated/α-hetero) is 1. The normalized spacial score (nSPS) is 12.6. The van der Waals surface area contributed by atoms with E-state index in [0.717, 1.165) is 6.07 Å². The molecule has 0 heterocycles. The summed E-state index contributed by atoms with van der Waals surface area (Å²) in [6.45, 7) is 2.96. The maximum atomic E-state index is 13.2. The van der Waals surface area contributed by atoms with Crippen molar-refractivity contribution in [3.63, 3.8) is 0 Å². The Balaban J connectivity index is 3.05. The van der Waals surface area contributed by atoms with Gasteiger partial charge in [0.05, 0.1) is 0 Å². The molecule has 0 aliphatic carbocycles. The average molecular weight is 216 g/mol. The van der Waals surface area contributed by atoms with E-state index in [9.17, 15) is 18.0 Å². The summed E-state index contributed by atoms with van der Waals surface area (Å²) in [7, 11) is 0. The summed E-state index contributed by atoms with van der Waals surface area (Å²) in [5, 5.41) is 0. The first kappa shape index (κ1) is 11.8. The number of halogens is 3. The Bertz CT molecular complexity index is 388. The number of carbonyl (C=O) groups excluding carboxylic acids is 1. The lowest BCUT2D eigenvalue weighted by molar-refractivity contribution is -0.117. The van der Waals surface area contributed by atoms with E-state index in [1.54, 1.807) is 6.92 Å². The van der Waals surface area contributed by atoms with Crippen LogP contribution in [0.5, 0.6) is 0 Å². The van der Waals surface area contributed by atoms with E-state index in [0.29, 0.717) is 0 Å². The number of hydrogen-bond acceptors (Lipinski definition) is 1. The van der Waals surface area contributed by atoms with Gasteiger partial charge in [-0.25, -0.2) is 13.2 Å². The lowest BCUT2D eigenvalue weighted by atomic mass is 9.95. The summed E-state index contributed by atoms with van der Waals surface area (Å²) in [6, 6.07) is 2.03. The van der Waals surface area contributed by atoms with Gasteiger partial charge in [0.2, 0.25) is 0 Å². The molecule has 0 saturated heterocycles. The van der Waals surface area contributed by atoms with Crippen LogP contribution in [0.4, 0.5) is 13.2 Å². The molecule has 1 rings (SSSR count). The van der Waals surface area contributed by atoms with Crippen molar-refractivity contribution in [1.82, 2.24) is 0 Å². The molecule has 0 saturated carbocycles. The summed E-state index contributed by atoms with van der Waals surface area (Å²) in [5.74, 6) is -4.47. The van der Waals surface area contributed by atoms with Gasteiger partial charge in [0.15, 0.2) is 17.5 Å². The molecule has 0 bridgehead atoms. The fraction of sp³-hybridized carbons (Fsp3) is 0.364. The molecule has 82 valence electrons. The van der Waals surface area contributed by atoms with E-state index in [-0.39, 0.29) is 17.8 Å². The summed E-state index contributed by atoms with van der Waals surface area (Å²) in [6.07, 6.45) is 0.113. The Hall–Kier alpha value is -1.32. The van der Waals surface area contributed by atoms with E-state index in [2.05, 4.69) is 0 Å². The van der Waals surface area contributed by atoms with Crippen molar-refractivity contribution < 1.29 is 18.0 Å². The Morgan fingerprint density at radius 3 is 2.40 bits per heavy atom. The lowest BCUT2D eigenvalue weighted by Gasteiger charge is -2.11. The molecule has 4 heteroatoms. The van der Waals surface area contributed by atoms with E-state index in [4.69, 9.17) is 0 Å². The van der Waals surface area contributed by atoms with Crippen molar-refractivity contribution in [3.05, 3.63) is 35.1 Å². The molecule has 1 atom stereocenters. The summed E-state index contributed by atoms with van der Waals surface area (Å²) >= 11 is 0. The van der Waals surface area contributed by atoms with Crippen LogP contribution >= 0.6 is 0 Å². The molecule has 0 aliphatic heterocycles. The average Bonchev–Trinajstić information content (AvgIpc) is 2.13. The van der Waals surface area contributed by atoms with Gasteiger partial charge in [-0.2, -0.15) is 0 Å². The fourth-order valence-corrected chi connectivity index (χ4v) is 1.46. The highest BCUT2D eigenvalue weighted by Gasteiger charge is 2.18. The molecule has 0 spiro atoms. The van der Waals surface area contributed by atoms with Gasteiger partial charge in [-0.05, 0) is 24.5 Å². The molecule has 1 aromatic rings. The van der Waals surface area contributed by atoms with Gasteiger partial charge in [0, 0.05) is 6.42 Å². The van der Waals surface area contributed by atoms with Crippen molar-refractivity contribution in [2.45, 2.75) is 26.2 Å². The Morgan fingerprint density at radius 1 is 1.27 bits per heavy atom. The lowest BCUT2D eigenvalue weighted by Crippen LogP contribution is -2.05. The van der Waals surface area contributed by atoms with Gasteiger partial charge in [-0.3, -0.25) is 0 Å². The maximum absolute atomic E-state index is 13.2. The summed E-state index contributed by atoms with van der Waals surface area (Å²) in [4.78, 5) is 10.8. The fourth-order valence-electron chi connectivity index (χ4n) is 1.46. The summed E-state index contributed by atoms with van der Waals surface area (Å²) in [5.41, 5.74) is 0.0316. The number of benzene rings is 1. The summed E-state index contributed by atoms with van der Waals surface area (Å²) < 4.78 is 38.7. The number of rotatable bonds is 3. The first-order chi connectivity index (χ1) is 6.93. The molecule has 0 aromatic heterocycles. The SMILES string of the molecule is CC(=O)CC(C)c1ccc(F)c(F)c1F. The Labute approximate surface area is 85.9 Å². The van der Waals surface area contributed by atoms with E-state index in [1.165, 1.54) is 13.0 Å². The van der Waals surface area contributed by atoms with Crippen LogP contribution in [0.2, 0.25) is 0 Å². The molecule has 1 unspecified atom stereocenters. The van der Waals surface area contributed by atoms with Crippen LogP contribution < -0.4 is 0 Å². The quantitative estimate of drug-likeness (QED) is 0.709. The van der Waals surface area contributed by atoms with Crippen LogP contribution in [0, 0.1) is 17.5 Å². The van der Waals surface area contributed by atoms with Crippen LogP contribution in [0.3, 0.4) is 0 Å². The van der Waals surface area contributed by atoms with Crippen molar-refractivity contribution in [2.75, 3.05) is 0 Å². The molecule has 0 fully saturated rings. The second kappa shape index (κ2) is 4.47. The van der Waals surface area contributed by atoms with Crippen LogP contribution in [-0.4, -0.2) is 5.78 Å². The molecule has 0 aliphatic rings. The van der Waals surface area contributed by atoms with Crippen molar-refractivity contribution in [2.24, 2.45) is 0 Å². The smallest absolute Gasteiger partial charge is 0.194 e. The van der Waals surface area contributed by atoms with Crippen LogP contribution in [0.15, 0.2) is 12.1 Å². The van der Waals surface area contributed by atoms with Gasteiger partial charge in [0.25, 0.3) is 0 Å². The third-order valence-electron chi connectivity index (χ3n) is 2.19. The van der Waals surface area contributed by atoms with Crippen molar-refractivity contribution in [3.8, 4) is 0 Å². The van der Waals surface area contributed by atoms with Gasteiger partial charge < -0.3 is 4.79 Å². The molecule has 1 aromatic carbocycles. The highest BCUT2D eigenvalue weighted by Crippen LogP contribution is 2.25. The predicted molar refractivity (Wildman–Crippen MR) is 50.0 cm³/mol. The zero-order valence-corrected chi connectivity index (χ0v) is 8.48. The van der Waals surface area contributed by atoms with Gasteiger partial charge in [-0.15, -0.1) is 0 Å².